The van der Waals surface area contributed by atoms with Gasteiger partial charge in [-0.2, -0.15) is 0 Å². The molecule has 1 heteroatoms. The van der Waals surface area contributed by atoms with Crippen LogP contribution in [0.5, 0.6) is 0 Å². The molecule has 1 saturated heterocycles. The predicted octanol–water partition coefficient (Wildman–Crippen LogP) is 2.62. The summed E-state index contributed by atoms with van der Waals surface area (Å²) in [5, 5.41) is 3.42. The number of nitrogens with one attached hydrogen (secondary N) is 1. The van der Waals surface area contributed by atoms with Gasteiger partial charge in [0.25, 0.3) is 0 Å². The fraction of sp³-hybridized carbons (Fsp3) is 0.538. The summed E-state index contributed by atoms with van der Waals surface area (Å²) in [5.74, 6) is 0.943. The highest BCUT2D eigenvalue weighted by atomic mass is 14.9. The molecule has 1 aromatic carbocycles. The summed E-state index contributed by atoms with van der Waals surface area (Å²) in [6, 6.07) is 10.8. The van der Waals surface area contributed by atoms with Gasteiger partial charge in [0, 0.05) is 0 Å². The summed E-state index contributed by atoms with van der Waals surface area (Å²) in [5.41, 5.74) is 1.48. The van der Waals surface area contributed by atoms with E-state index < -0.39 is 0 Å². The van der Waals surface area contributed by atoms with E-state index >= 15 is 0 Å². The Kier molecular flexibility index (Phi) is 3.58. The van der Waals surface area contributed by atoms with E-state index in [1.54, 1.807) is 0 Å². The van der Waals surface area contributed by atoms with Crippen molar-refractivity contribution in [2.24, 2.45) is 5.92 Å². The minimum atomic E-state index is 0.943. The highest BCUT2D eigenvalue weighted by molar-refractivity contribution is 5.14. The number of benzene rings is 1. The lowest BCUT2D eigenvalue weighted by Gasteiger charge is -2.07. The molecular weight excluding hydrogens is 170 g/mol. The molecule has 1 fully saturated rings. The Morgan fingerprint density at radius 2 is 2.07 bits per heavy atom. The number of hydrogen-bond acceptors (Lipinski definition) is 1. The predicted molar refractivity (Wildman–Crippen MR) is 60.4 cm³/mol. The Morgan fingerprint density at radius 3 is 2.79 bits per heavy atom. The van der Waals surface area contributed by atoms with Crippen LogP contribution in [0.4, 0.5) is 0 Å². The van der Waals surface area contributed by atoms with Crippen LogP contribution in [0.1, 0.15) is 24.8 Å². The van der Waals surface area contributed by atoms with Crippen molar-refractivity contribution in [2.45, 2.75) is 25.7 Å². The van der Waals surface area contributed by atoms with E-state index in [1.807, 2.05) is 0 Å². The standard InChI is InChI=1S/C13H19N/c1-2-5-12(6-3-1)7-4-8-13-9-10-14-11-13/h1-3,5-6,13-14H,4,7-11H2. The molecular formula is C13H19N. The molecule has 14 heavy (non-hydrogen) atoms. The molecule has 1 aliphatic rings. The van der Waals surface area contributed by atoms with Gasteiger partial charge in [0.1, 0.15) is 0 Å². The zero-order valence-electron chi connectivity index (χ0n) is 8.71. The van der Waals surface area contributed by atoms with Gasteiger partial charge < -0.3 is 5.32 Å². The van der Waals surface area contributed by atoms with Gasteiger partial charge in [-0.3, -0.25) is 0 Å². The van der Waals surface area contributed by atoms with Crippen LogP contribution < -0.4 is 5.32 Å². The zero-order valence-corrected chi connectivity index (χ0v) is 8.71. The molecule has 1 heterocycles. The fourth-order valence-corrected chi connectivity index (χ4v) is 2.20. The van der Waals surface area contributed by atoms with Crippen LogP contribution in [0.25, 0.3) is 0 Å². The van der Waals surface area contributed by atoms with E-state index in [4.69, 9.17) is 0 Å². The lowest BCUT2D eigenvalue weighted by Crippen LogP contribution is -2.08. The minimum Gasteiger partial charge on any atom is -0.316 e. The van der Waals surface area contributed by atoms with Gasteiger partial charge in [-0.25, -0.2) is 0 Å². The van der Waals surface area contributed by atoms with Gasteiger partial charge in [-0.05, 0) is 50.3 Å². The van der Waals surface area contributed by atoms with E-state index in [1.165, 1.54) is 44.3 Å². The third kappa shape index (κ3) is 2.85. The Balaban J connectivity index is 1.67. The van der Waals surface area contributed by atoms with Crippen molar-refractivity contribution in [2.75, 3.05) is 13.1 Å². The summed E-state index contributed by atoms with van der Waals surface area (Å²) in [6.07, 6.45) is 5.37. The van der Waals surface area contributed by atoms with Crippen molar-refractivity contribution < 1.29 is 0 Å². The number of aryl methyl sites for hydroxylation is 1. The van der Waals surface area contributed by atoms with Crippen molar-refractivity contribution in [1.29, 1.82) is 0 Å². The van der Waals surface area contributed by atoms with Crippen molar-refractivity contribution >= 4 is 0 Å². The SMILES string of the molecule is c1ccc(CCCC2CCNC2)cc1. The Bertz CT molecular complexity index is 249. The summed E-state index contributed by atoms with van der Waals surface area (Å²) in [4.78, 5) is 0. The molecule has 2 rings (SSSR count). The molecule has 0 spiro atoms. The van der Waals surface area contributed by atoms with Crippen molar-refractivity contribution in [3.8, 4) is 0 Å². The van der Waals surface area contributed by atoms with Crippen molar-refractivity contribution in [3.63, 3.8) is 0 Å². The average molecular weight is 189 g/mol. The highest BCUT2D eigenvalue weighted by Crippen LogP contribution is 2.16. The van der Waals surface area contributed by atoms with Crippen LogP contribution in [0, 0.1) is 5.92 Å². The van der Waals surface area contributed by atoms with Crippen molar-refractivity contribution in [1.82, 2.24) is 5.32 Å². The van der Waals surface area contributed by atoms with Gasteiger partial charge in [0.05, 0.1) is 0 Å². The average Bonchev–Trinajstić information content (AvgIpc) is 2.72. The Morgan fingerprint density at radius 1 is 1.21 bits per heavy atom. The smallest absolute Gasteiger partial charge is 0.00200 e. The third-order valence-corrected chi connectivity index (χ3v) is 3.08. The Labute approximate surface area is 86.5 Å². The van der Waals surface area contributed by atoms with E-state index in [2.05, 4.69) is 35.6 Å². The van der Waals surface area contributed by atoms with E-state index in [-0.39, 0.29) is 0 Å². The largest absolute Gasteiger partial charge is 0.316 e. The van der Waals surface area contributed by atoms with Crippen LogP contribution >= 0.6 is 0 Å². The maximum atomic E-state index is 3.42. The highest BCUT2D eigenvalue weighted by Gasteiger charge is 2.13. The maximum Gasteiger partial charge on any atom is -0.00200 e. The van der Waals surface area contributed by atoms with Gasteiger partial charge >= 0.3 is 0 Å². The normalized spacial score (nSPS) is 21.3. The van der Waals surface area contributed by atoms with Crippen LogP contribution in [0.3, 0.4) is 0 Å². The van der Waals surface area contributed by atoms with Gasteiger partial charge in [-0.1, -0.05) is 30.3 Å². The summed E-state index contributed by atoms with van der Waals surface area (Å²) in [7, 11) is 0. The molecule has 1 nitrogen and oxygen atoms in total. The maximum absolute atomic E-state index is 3.42. The first-order valence-electron chi connectivity index (χ1n) is 5.70. The summed E-state index contributed by atoms with van der Waals surface area (Å²) < 4.78 is 0. The Hall–Kier alpha value is -0.820. The molecule has 1 unspecified atom stereocenters. The molecule has 1 aliphatic heterocycles. The molecule has 0 radical (unpaired) electrons. The van der Waals surface area contributed by atoms with Crippen LogP contribution in [-0.2, 0) is 6.42 Å². The van der Waals surface area contributed by atoms with E-state index in [0.717, 1.165) is 5.92 Å². The van der Waals surface area contributed by atoms with Crippen molar-refractivity contribution in [3.05, 3.63) is 35.9 Å². The summed E-state index contributed by atoms with van der Waals surface area (Å²) >= 11 is 0. The first-order chi connectivity index (χ1) is 6.95. The van der Waals surface area contributed by atoms with E-state index in [9.17, 15) is 0 Å². The van der Waals surface area contributed by atoms with Gasteiger partial charge in [0.15, 0.2) is 0 Å². The molecule has 1 aromatic rings. The minimum absolute atomic E-state index is 0.943. The molecule has 0 amide bonds. The second kappa shape index (κ2) is 5.16. The topological polar surface area (TPSA) is 12.0 Å². The van der Waals surface area contributed by atoms with Gasteiger partial charge in [-0.15, -0.1) is 0 Å². The first-order valence-corrected chi connectivity index (χ1v) is 5.70. The lowest BCUT2D eigenvalue weighted by atomic mass is 9.99. The molecule has 1 N–H and O–H groups in total. The quantitative estimate of drug-likeness (QED) is 0.767. The lowest BCUT2D eigenvalue weighted by molar-refractivity contribution is 0.510. The van der Waals surface area contributed by atoms with Crippen LogP contribution in [0.2, 0.25) is 0 Å². The van der Waals surface area contributed by atoms with E-state index in [0.29, 0.717) is 0 Å². The second-order valence-electron chi connectivity index (χ2n) is 4.24. The molecule has 76 valence electrons. The molecule has 0 aromatic heterocycles. The first kappa shape index (κ1) is 9.72. The summed E-state index contributed by atoms with van der Waals surface area (Å²) in [6.45, 7) is 2.48. The monoisotopic (exact) mass is 189 g/mol. The molecule has 1 atom stereocenters. The fourth-order valence-electron chi connectivity index (χ4n) is 2.20. The number of rotatable bonds is 4. The zero-order chi connectivity index (χ0) is 9.64. The van der Waals surface area contributed by atoms with Crippen LogP contribution in [-0.4, -0.2) is 13.1 Å². The molecule has 0 bridgehead atoms. The number of hydrogen-bond donors (Lipinski definition) is 1. The third-order valence-electron chi connectivity index (χ3n) is 3.08. The second-order valence-corrected chi connectivity index (χ2v) is 4.24. The van der Waals surface area contributed by atoms with Gasteiger partial charge in [0.2, 0.25) is 0 Å². The molecule has 0 aliphatic carbocycles. The molecule has 0 saturated carbocycles. The van der Waals surface area contributed by atoms with Crippen LogP contribution in [0.15, 0.2) is 30.3 Å².